The van der Waals surface area contributed by atoms with E-state index in [1.165, 1.54) is 0 Å². The molecule has 0 aromatic heterocycles. The highest BCUT2D eigenvalue weighted by molar-refractivity contribution is 6.30. The Hall–Kier alpha value is -3.06. The van der Waals surface area contributed by atoms with Crippen molar-refractivity contribution in [1.29, 1.82) is 0 Å². The Labute approximate surface area is 161 Å². The summed E-state index contributed by atoms with van der Waals surface area (Å²) >= 11 is 5.89. The highest BCUT2D eigenvalue weighted by atomic mass is 35.5. The van der Waals surface area contributed by atoms with Crippen LogP contribution in [0.3, 0.4) is 0 Å². The maximum absolute atomic E-state index is 12.5. The third-order valence-electron chi connectivity index (χ3n) is 3.59. The van der Waals surface area contributed by atoms with E-state index in [0.29, 0.717) is 10.7 Å². The van der Waals surface area contributed by atoms with Gasteiger partial charge in [0, 0.05) is 17.1 Å². The molecule has 4 N–H and O–H groups in total. The van der Waals surface area contributed by atoms with Crippen molar-refractivity contribution >= 4 is 35.2 Å². The first kappa shape index (κ1) is 20.3. The Bertz CT molecular complexity index is 799. The minimum absolute atomic E-state index is 0.0438. The minimum Gasteiger partial charge on any atom is -0.445 e. The monoisotopic (exact) mass is 389 g/mol. The molecular formula is C19H20ClN3O4. The molecule has 0 saturated carbocycles. The van der Waals surface area contributed by atoms with Crippen molar-refractivity contribution in [3.63, 3.8) is 0 Å². The Morgan fingerprint density at radius 1 is 1.07 bits per heavy atom. The quantitative estimate of drug-likeness (QED) is 0.644. The number of nitrogens with two attached hydrogens (primary N) is 1. The van der Waals surface area contributed by atoms with Crippen molar-refractivity contribution in [3.8, 4) is 0 Å². The summed E-state index contributed by atoms with van der Waals surface area (Å²) < 4.78 is 5.12. The van der Waals surface area contributed by atoms with Crippen LogP contribution in [-0.2, 0) is 20.9 Å². The van der Waals surface area contributed by atoms with Crippen LogP contribution < -0.4 is 16.4 Å². The number of benzene rings is 2. The van der Waals surface area contributed by atoms with Gasteiger partial charge >= 0.3 is 6.09 Å². The van der Waals surface area contributed by atoms with Gasteiger partial charge < -0.3 is 21.1 Å². The summed E-state index contributed by atoms with van der Waals surface area (Å²) in [5.41, 5.74) is 6.43. The summed E-state index contributed by atoms with van der Waals surface area (Å²) in [4.78, 5) is 35.6. The average molecular weight is 390 g/mol. The molecule has 2 aromatic carbocycles. The molecule has 0 radical (unpaired) electrons. The number of rotatable bonds is 8. The number of hydrogen-bond donors (Lipinski definition) is 3. The van der Waals surface area contributed by atoms with Crippen LogP contribution in [0.2, 0.25) is 5.02 Å². The molecule has 0 heterocycles. The first-order valence-corrected chi connectivity index (χ1v) is 8.64. The molecule has 7 nitrogen and oxygen atoms in total. The first-order chi connectivity index (χ1) is 12.9. The van der Waals surface area contributed by atoms with E-state index in [4.69, 9.17) is 22.1 Å². The predicted octanol–water partition coefficient (Wildman–Crippen LogP) is 2.84. The molecule has 0 bridgehead atoms. The predicted molar refractivity (Wildman–Crippen MR) is 102 cm³/mol. The lowest BCUT2D eigenvalue weighted by atomic mass is 10.1. The zero-order chi connectivity index (χ0) is 19.6. The molecule has 2 aromatic rings. The largest absolute Gasteiger partial charge is 0.445 e. The lowest BCUT2D eigenvalue weighted by molar-refractivity contribution is -0.119. The van der Waals surface area contributed by atoms with Gasteiger partial charge in [0.05, 0.1) is 0 Å². The molecule has 0 aliphatic carbocycles. The van der Waals surface area contributed by atoms with E-state index in [9.17, 15) is 14.4 Å². The van der Waals surface area contributed by atoms with Crippen LogP contribution in [0.25, 0.3) is 0 Å². The molecule has 0 unspecified atom stereocenters. The second kappa shape index (κ2) is 10.2. The number of alkyl carbamates (subject to hydrolysis) is 1. The fraction of sp³-hybridized carbons (Fsp3) is 0.211. The highest BCUT2D eigenvalue weighted by Gasteiger charge is 2.22. The van der Waals surface area contributed by atoms with Crippen molar-refractivity contribution < 1.29 is 19.1 Å². The molecule has 8 heteroatoms. The van der Waals surface area contributed by atoms with E-state index in [-0.39, 0.29) is 19.4 Å². The number of amides is 3. The van der Waals surface area contributed by atoms with Gasteiger partial charge in [0.1, 0.15) is 12.6 Å². The van der Waals surface area contributed by atoms with E-state index >= 15 is 0 Å². The number of hydrogen-bond acceptors (Lipinski definition) is 4. The van der Waals surface area contributed by atoms with Gasteiger partial charge in [-0.3, -0.25) is 9.59 Å². The van der Waals surface area contributed by atoms with Gasteiger partial charge in [-0.1, -0.05) is 48.0 Å². The molecule has 0 fully saturated rings. The van der Waals surface area contributed by atoms with Crippen LogP contribution in [0.15, 0.2) is 54.6 Å². The Morgan fingerprint density at radius 3 is 2.48 bits per heavy atom. The van der Waals surface area contributed by atoms with Gasteiger partial charge in [0.25, 0.3) is 0 Å². The molecule has 1 atom stereocenters. The number of anilines is 1. The highest BCUT2D eigenvalue weighted by Crippen LogP contribution is 2.15. The van der Waals surface area contributed by atoms with E-state index in [0.717, 1.165) is 5.56 Å². The Morgan fingerprint density at radius 2 is 1.81 bits per heavy atom. The molecule has 0 spiro atoms. The minimum atomic E-state index is -0.986. The molecule has 142 valence electrons. The van der Waals surface area contributed by atoms with E-state index < -0.39 is 23.9 Å². The first-order valence-electron chi connectivity index (χ1n) is 8.26. The topological polar surface area (TPSA) is 111 Å². The summed E-state index contributed by atoms with van der Waals surface area (Å²) in [7, 11) is 0. The number of carbonyl (C=O) groups excluding carboxylic acids is 3. The number of carbonyl (C=O) groups is 3. The third kappa shape index (κ3) is 7.37. The van der Waals surface area contributed by atoms with Gasteiger partial charge in [0.15, 0.2) is 0 Å². The number of nitrogens with one attached hydrogen (secondary N) is 2. The van der Waals surface area contributed by atoms with Crippen molar-refractivity contribution in [1.82, 2.24) is 5.32 Å². The van der Waals surface area contributed by atoms with Gasteiger partial charge in [-0.25, -0.2) is 4.79 Å². The summed E-state index contributed by atoms with van der Waals surface area (Å²) in [5, 5.41) is 5.56. The SMILES string of the molecule is NC(=O)CC[C@H](NC(=O)OCc1ccccc1)C(=O)Nc1cccc(Cl)c1. The van der Waals surface area contributed by atoms with Crippen LogP contribution in [0.4, 0.5) is 10.5 Å². The second-order valence-corrected chi connectivity index (χ2v) is 6.20. The smallest absolute Gasteiger partial charge is 0.408 e. The maximum atomic E-state index is 12.5. The molecular weight excluding hydrogens is 370 g/mol. The molecule has 2 rings (SSSR count). The number of halogens is 1. The van der Waals surface area contributed by atoms with Crippen LogP contribution in [-0.4, -0.2) is 23.9 Å². The van der Waals surface area contributed by atoms with Crippen LogP contribution in [0, 0.1) is 0 Å². The fourth-order valence-corrected chi connectivity index (χ4v) is 2.45. The third-order valence-corrected chi connectivity index (χ3v) is 3.83. The Balaban J connectivity index is 1.96. The van der Waals surface area contributed by atoms with Crippen LogP contribution in [0.1, 0.15) is 18.4 Å². The number of ether oxygens (including phenoxy) is 1. The molecule has 3 amide bonds. The summed E-state index contributed by atoms with van der Waals surface area (Å²) in [5.74, 6) is -1.08. The van der Waals surface area contributed by atoms with Crippen LogP contribution >= 0.6 is 11.6 Å². The number of primary amides is 1. The molecule has 27 heavy (non-hydrogen) atoms. The zero-order valence-corrected chi connectivity index (χ0v) is 15.2. The summed E-state index contributed by atoms with van der Waals surface area (Å²) in [6.45, 7) is 0.0606. The molecule has 0 aliphatic rings. The van der Waals surface area contributed by atoms with E-state index in [1.807, 2.05) is 30.3 Å². The average Bonchev–Trinajstić information content (AvgIpc) is 2.64. The van der Waals surface area contributed by atoms with E-state index in [2.05, 4.69) is 10.6 Å². The van der Waals surface area contributed by atoms with Gasteiger partial charge in [-0.2, -0.15) is 0 Å². The normalized spacial score (nSPS) is 11.3. The van der Waals surface area contributed by atoms with Gasteiger partial charge in [0.2, 0.25) is 11.8 Å². The van der Waals surface area contributed by atoms with Crippen molar-refractivity contribution in [2.24, 2.45) is 5.73 Å². The zero-order valence-electron chi connectivity index (χ0n) is 14.5. The molecule has 0 aliphatic heterocycles. The van der Waals surface area contributed by atoms with Crippen molar-refractivity contribution in [2.45, 2.75) is 25.5 Å². The fourth-order valence-electron chi connectivity index (χ4n) is 2.26. The maximum Gasteiger partial charge on any atom is 0.408 e. The summed E-state index contributed by atoms with van der Waals surface area (Å²) in [6.07, 6.45) is -0.788. The summed E-state index contributed by atoms with van der Waals surface area (Å²) in [6, 6.07) is 14.7. The van der Waals surface area contributed by atoms with Gasteiger partial charge in [-0.15, -0.1) is 0 Å². The second-order valence-electron chi connectivity index (χ2n) is 5.76. The van der Waals surface area contributed by atoms with E-state index in [1.54, 1.807) is 24.3 Å². The standard InChI is InChI=1S/C19H20ClN3O4/c20-14-7-4-8-15(11-14)22-18(25)16(9-10-17(21)24)23-19(26)27-12-13-5-2-1-3-6-13/h1-8,11,16H,9-10,12H2,(H2,21,24)(H,22,25)(H,23,26)/t16-/m0/s1. The molecule has 0 saturated heterocycles. The van der Waals surface area contributed by atoms with Gasteiger partial charge in [-0.05, 0) is 30.2 Å². The lowest BCUT2D eigenvalue weighted by Crippen LogP contribution is -2.44. The van der Waals surface area contributed by atoms with Crippen molar-refractivity contribution in [3.05, 3.63) is 65.2 Å². The van der Waals surface area contributed by atoms with Crippen molar-refractivity contribution in [2.75, 3.05) is 5.32 Å². The Kier molecular flexibility index (Phi) is 7.63. The lowest BCUT2D eigenvalue weighted by Gasteiger charge is -2.18. The van der Waals surface area contributed by atoms with Crippen LogP contribution in [0.5, 0.6) is 0 Å².